The highest BCUT2D eigenvalue weighted by molar-refractivity contribution is 5.51. The highest BCUT2D eigenvalue weighted by Gasteiger charge is 2.30. The van der Waals surface area contributed by atoms with Crippen LogP contribution in [0.2, 0.25) is 0 Å². The maximum atomic E-state index is 13.7. The number of halogens is 2. The van der Waals surface area contributed by atoms with Crippen LogP contribution in [-0.4, -0.2) is 13.2 Å². The van der Waals surface area contributed by atoms with Crippen molar-refractivity contribution in [2.45, 2.75) is 24.8 Å². The van der Waals surface area contributed by atoms with Gasteiger partial charge < -0.3 is 10.1 Å². The number of rotatable bonds is 4. The Kier molecular flexibility index (Phi) is 3.78. The molecule has 0 amide bonds. The normalized spacial score (nSPS) is 20.7. The molecule has 0 bridgehead atoms. The molecule has 3 rings (SSSR count). The summed E-state index contributed by atoms with van der Waals surface area (Å²) < 4.78 is 32.0. The molecular formula is C17H17F2NO. The van der Waals surface area contributed by atoms with Gasteiger partial charge in [-0.25, -0.2) is 8.78 Å². The molecule has 1 aliphatic rings. The molecule has 0 radical (unpaired) electrons. The number of ether oxygens (including phenoxy) is 1. The Bertz CT molecular complexity index is 638. The molecule has 21 heavy (non-hydrogen) atoms. The molecule has 1 fully saturated rings. The van der Waals surface area contributed by atoms with E-state index in [1.165, 1.54) is 12.1 Å². The van der Waals surface area contributed by atoms with E-state index < -0.39 is 0 Å². The van der Waals surface area contributed by atoms with Gasteiger partial charge in [0.15, 0.2) is 0 Å². The average molecular weight is 289 g/mol. The Balaban J connectivity index is 1.62. The van der Waals surface area contributed by atoms with Gasteiger partial charge in [-0.3, -0.25) is 0 Å². The van der Waals surface area contributed by atoms with Gasteiger partial charge in [-0.2, -0.15) is 0 Å². The summed E-state index contributed by atoms with van der Waals surface area (Å²) in [7, 11) is 1.56. The van der Waals surface area contributed by atoms with E-state index in [2.05, 4.69) is 5.32 Å². The van der Waals surface area contributed by atoms with Crippen LogP contribution in [0.5, 0.6) is 5.75 Å². The van der Waals surface area contributed by atoms with E-state index in [9.17, 15) is 8.78 Å². The molecule has 1 N–H and O–H groups in total. The zero-order valence-electron chi connectivity index (χ0n) is 11.8. The van der Waals surface area contributed by atoms with Crippen molar-refractivity contribution in [2.24, 2.45) is 0 Å². The van der Waals surface area contributed by atoms with Crippen molar-refractivity contribution in [3.8, 4) is 5.75 Å². The second-order valence-electron chi connectivity index (χ2n) is 5.41. The number of benzene rings is 2. The average Bonchev–Trinajstić information content (AvgIpc) is 2.44. The first-order chi connectivity index (χ1) is 10.2. The summed E-state index contributed by atoms with van der Waals surface area (Å²) in [5, 5.41) is 3.19. The van der Waals surface area contributed by atoms with Gasteiger partial charge in [0.25, 0.3) is 0 Å². The van der Waals surface area contributed by atoms with Crippen LogP contribution in [0.25, 0.3) is 0 Å². The third-order valence-corrected chi connectivity index (χ3v) is 3.99. The molecule has 0 unspecified atom stereocenters. The van der Waals surface area contributed by atoms with E-state index in [4.69, 9.17) is 4.74 Å². The van der Waals surface area contributed by atoms with Crippen LogP contribution < -0.4 is 10.1 Å². The second kappa shape index (κ2) is 5.72. The van der Waals surface area contributed by atoms with Crippen molar-refractivity contribution in [3.63, 3.8) is 0 Å². The van der Waals surface area contributed by atoms with E-state index in [0.717, 1.165) is 18.4 Å². The van der Waals surface area contributed by atoms with Crippen LogP contribution in [-0.2, 0) is 0 Å². The van der Waals surface area contributed by atoms with Crippen molar-refractivity contribution in [3.05, 3.63) is 59.7 Å². The van der Waals surface area contributed by atoms with E-state index >= 15 is 0 Å². The lowest BCUT2D eigenvalue weighted by atomic mass is 9.76. The molecule has 110 valence electrons. The largest absolute Gasteiger partial charge is 0.497 e. The summed E-state index contributed by atoms with van der Waals surface area (Å²) in [6.45, 7) is 0. The highest BCUT2D eigenvalue weighted by Crippen LogP contribution is 2.39. The van der Waals surface area contributed by atoms with Crippen LogP contribution in [0.3, 0.4) is 0 Å². The Morgan fingerprint density at radius 3 is 2.62 bits per heavy atom. The maximum absolute atomic E-state index is 13.7. The molecule has 0 spiro atoms. The topological polar surface area (TPSA) is 21.3 Å². The van der Waals surface area contributed by atoms with E-state index in [1.807, 2.05) is 6.07 Å². The fourth-order valence-corrected chi connectivity index (χ4v) is 2.73. The summed E-state index contributed by atoms with van der Waals surface area (Å²) in [5.41, 5.74) is 1.47. The Hall–Kier alpha value is -2.10. The SMILES string of the molecule is COc1ccc(F)c(NC2CC(c3cccc(F)c3)C2)c1. The van der Waals surface area contributed by atoms with Crippen molar-refractivity contribution >= 4 is 5.69 Å². The van der Waals surface area contributed by atoms with Crippen molar-refractivity contribution in [2.75, 3.05) is 12.4 Å². The predicted molar refractivity (Wildman–Crippen MR) is 78.7 cm³/mol. The van der Waals surface area contributed by atoms with E-state index in [1.54, 1.807) is 31.4 Å². The Labute approximate surface area is 122 Å². The van der Waals surface area contributed by atoms with Crippen molar-refractivity contribution < 1.29 is 13.5 Å². The highest BCUT2D eigenvalue weighted by atomic mass is 19.1. The summed E-state index contributed by atoms with van der Waals surface area (Å²) in [6, 6.07) is 11.5. The molecule has 1 saturated carbocycles. The molecule has 0 atom stereocenters. The number of nitrogens with one attached hydrogen (secondary N) is 1. The van der Waals surface area contributed by atoms with Gasteiger partial charge in [-0.1, -0.05) is 12.1 Å². The smallest absolute Gasteiger partial charge is 0.146 e. The van der Waals surface area contributed by atoms with Crippen LogP contribution in [0.1, 0.15) is 24.3 Å². The quantitative estimate of drug-likeness (QED) is 0.904. The first-order valence-electron chi connectivity index (χ1n) is 7.01. The van der Waals surface area contributed by atoms with Gasteiger partial charge in [0.1, 0.15) is 17.4 Å². The van der Waals surface area contributed by atoms with E-state index in [0.29, 0.717) is 17.4 Å². The first kappa shape index (κ1) is 13.9. The molecule has 2 aromatic rings. The van der Waals surface area contributed by atoms with E-state index in [-0.39, 0.29) is 17.7 Å². The van der Waals surface area contributed by atoms with Crippen molar-refractivity contribution in [1.82, 2.24) is 0 Å². The minimum Gasteiger partial charge on any atom is -0.497 e. The van der Waals surface area contributed by atoms with Crippen LogP contribution in [0, 0.1) is 11.6 Å². The molecule has 0 aromatic heterocycles. The summed E-state index contributed by atoms with van der Waals surface area (Å²) in [6.07, 6.45) is 1.75. The van der Waals surface area contributed by atoms with Crippen LogP contribution in [0.15, 0.2) is 42.5 Å². The van der Waals surface area contributed by atoms with Gasteiger partial charge in [-0.05, 0) is 48.6 Å². The molecule has 4 heteroatoms. The van der Waals surface area contributed by atoms with Gasteiger partial charge in [0, 0.05) is 12.1 Å². The zero-order valence-corrected chi connectivity index (χ0v) is 11.8. The molecule has 1 aliphatic carbocycles. The maximum Gasteiger partial charge on any atom is 0.146 e. The standard InChI is InChI=1S/C17H17F2NO/c1-21-15-5-6-16(19)17(10-15)20-14-8-12(9-14)11-3-2-4-13(18)7-11/h2-7,10,12,14,20H,8-9H2,1H3. The number of hydrogen-bond acceptors (Lipinski definition) is 2. The minimum atomic E-state index is -0.287. The lowest BCUT2D eigenvalue weighted by Gasteiger charge is -2.37. The molecule has 0 heterocycles. The fraction of sp³-hybridized carbons (Fsp3) is 0.294. The summed E-state index contributed by atoms with van der Waals surface area (Å²) in [5.74, 6) is 0.472. The van der Waals surface area contributed by atoms with Gasteiger partial charge in [-0.15, -0.1) is 0 Å². The monoisotopic (exact) mass is 289 g/mol. The molecule has 2 nitrogen and oxygen atoms in total. The lowest BCUT2D eigenvalue weighted by Crippen LogP contribution is -2.34. The first-order valence-corrected chi connectivity index (χ1v) is 7.01. The second-order valence-corrected chi connectivity index (χ2v) is 5.41. The zero-order chi connectivity index (χ0) is 14.8. The van der Waals surface area contributed by atoms with Crippen molar-refractivity contribution in [1.29, 1.82) is 0 Å². The number of hydrogen-bond donors (Lipinski definition) is 1. The number of anilines is 1. The number of methoxy groups -OCH3 is 1. The van der Waals surface area contributed by atoms with Gasteiger partial charge in [0.05, 0.1) is 12.8 Å². The molecule has 0 aliphatic heterocycles. The lowest BCUT2D eigenvalue weighted by molar-refractivity contribution is 0.371. The Morgan fingerprint density at radius 1 is 1.10 bits per heavy atom. The molecule has 0 saturated heterocycles. The summed E-state index contributed by atoms with van der Waals surface area (Å²) in [4.78, 5) is 0. The minimum absolute atomic E-state index is 0.206. The Morgan fingerprint density at radius 2 is 1.90 bits per heavy atom. The van der Waals surface area contributed by atoms with Crippen LogP contribution >= 0.6 is 0 Å². The van der Waals surface area contributed by atoms with Gasteiger partial charge in [0.2, 0.25) is 0 Å². The van der Waals surface area contributed by atoms with Gasteiger partial charge >= 0.3 is 0 Å². The third-order valence-electron chi connectivity index (χ3n) is 3.99. The predicted octanol–water partition coefficient (Wildman–Crippen LogP) is 4.33. The third kappa shape index (κ3) is 2.99. The molecular weight excluding hydrogens is 272 g/mol. The fourth-order valence-electron chi connectivity index (χ4n) is 2.73. The summed E-state index contributed by atoms with van der Waals surface area (Å²) >= 11 is 0. The van der Waals surface area contributed by atoms with Crippen LogP contribution in [0.4, 0.5) is 14.5 Å². The molecule has 2 aromatic carbocycles.